The molecular weight excluding hydrogens is 316 g/mol. The van der Waals surface area contributed by atoms with Crippen molar-refractivity contribution in [3.8, 4) is 0 Å². The summed E-state index contributed by atoms with van der Waals surface area (Å²) in [6.07, 6.45) is 9.48. The quantitative estimate of drug-likeness (QED) is 0.484. The molecule has 0 amide bonds. The average molecular weight is 348 g/mol. The predicted molar refractivity (Wildman–Crippen MR) is 101 cm³/mol. The van der Waals surface area contributed by atoms with Gasteiger partial charge in [0.1, 0.15) is 0 Å². The molecule has 0 aliphatic rings. The van der Waals surface area contributed by atoms with Gasteiger partial charge in [0.05, 0.1) is 11.1 Å². The van der Waals surface area contributed by atoms with Gasteiger partial charge in [-0.3, -0.25) is 0 Å². The molecule has 0 fully saturated rings. The maximum atomic E-state index is 11.7. The molecule has 0 spiro atoms. The van der Waals surface area contributed by atoms with Crippen LogP contribution < -0.4 is 0 Å². The second-order valence-electron chi connectivity index (χ2n) is 7.21. The Morgan fingerprint density at radius 3 is 2.04 bits per heavy atom. The van der Waals surface area contributed by atoms with Crippen LogP contribution in [0.15, 0.2) is 12.1 Å². The molecule has 4 nitrogen and oxygen atoms in total. The van der Waals surface area contributed by atoms with Gasteiger partial charge in [0.2, 0.25) is 0 Å². The van der Waals surface area contributed by atoms with Crippen LogP contribution in [0.1, 0.15) is 97.6 Å². The minimum absolute atomic E-state index is 0.0170. The number of rotatable bonds is 12. The van der Waals surface area contributed by atoms with Crippen LogP contribution in [0.5, 0.6) is 0 Å². The number of hydrogen-bond donors (Lipinski definition) is 2. The molecule has 0 aliphatic carbocycles. The van der Waals surface area contributed by atoms with Crippen molar-refractivity contribution in [2.75, 3.05) is 0 Å². The largest absolute Gasteiger partial charge is 0.478 e. The van der Waals surface area contributed by atoms with Gasteiger partial charge in [-0.15, -0.1) is 0 Å². The van der Waals surface area contributed by atoms with E-state index in [4.69, 9.17) is 0 Å². The monoisotopic (exact) mass is 348 g/mol. The summed E-state index contributed by atoms with van der Waals surface area (Å²) in [5.41, 5.74) is 1.58. The van der Waals surface area contributed by atoms with Crippen LogP contribution in [0, 0.1) is 5.92 Å². The zero-order valence-corrected chi connectivity index (χ0v) is 15.8. The maximum absolute atomic E-state index is 11.7. The second-order valence-corrected chi connectivity index (χ2v) is 7.21. The number of hydrogen-bond acceptors (Lipinski definition) is 2. The van der Waals surface area contributed by atoms with Gasteiger partial charge in [0, 0.05) is 0 Å². The molecule has 2 N–H and O–H groups in total. The first-order chi connectivity index (χ1) is 11.9. The third-order valence-corrected chi connectivity index (χ3v) is 4.51. The molecule has 0 saturated carbocycles. The minimum Gasteiger partial charge on any atom is -0.478 e. The summed E-state index contributed by atoms with van der Waals surface area (Å²) in [6, 6.07) is 3.24. The molecule has 0 aliphatic heterocycles. The smallest absolute Gasteiger partial charge is 0.336 e. The molecule has 25 heavy (non-hydrogen) atoms. The van der Waals surface area contributed by atoms with Gasteiger partial charge in [-0.25, -0.2) is 9.59 Å². The van der Waals surface area contributed by atoms with E-state index in [1.807, 2.05) is 0 Å². The van der Waals surface area contributed by atoms with Gasteiger partial charge in [0.15, 0.2) is 0 Å². The zero-order valence-electron chi connectivity index (χ0n) is 15.8. The summed E-state index contributed by atoms with van der Waals surface area (Å²) >= 11 is 0. The van der Waals surface area contributed by atoms with Gasteiger partial charge in [0.25, 0.3) is 0 Å². The van der Waals surface area contributed by atoms with Crippen molar-refractivity contribution in [1.82, 2.24) is 0 Å². The summed E-state index contributed by atoms with van der Waals surface area (Å²) in [7, 11) is 0. The first kappa shape index (κ1) is 21.2. The van der Waals surface area contributed by atoms with Crippen molar-refractivity contribution in [3.63, 3.8) is 0 Å². The lowest BCUT2D eigenvalue weighted by molar-refractivity contribution is 0.0650. The fourth-order valence-corrected chi connectivity index (χ4v) is 3.29. The van der Waals surface area contributed by atoms with Crippen LogP contribution in [-0.4, -0.2) is 22.2 Å². The molecule has 0 heterocycles. The van der Waals surface area contributed by atoms with Crippen molar-refractivity contribution in [3.05, 3.63) is 34.4 Å². The maximum Gasteiger partial charge on any atom is 0.336 e. The van der Waals surface area contributed by atoms with Crippen molar-refractivity contribution in [2.45, 2.75) is 78.6 Å². The fourth-order valence-electron chi connectivity index (χ4n) is 3.29. The predicted octanol–water partition coefficient (Wildman–Crippen LogP) is 5.57. The summed E-state index contributed by atoms with van der Waals surface area (Å²) in [5, 5.41) is 18.9. The highest BCUT2D eigenvalue weighted by Crippen LogP contribution is 2.25. The van der Waals surface area contributed by atoms with E-state index in [9.17, 15) is 19.8 Å². The summed E-state index contributed by atoms with van der Waals surface area (Å²) in [4.78, 5) is 23.2. The minimum atomic E-state index is -1.17. The molecule has 1 rings (SSSR count). The fraction of sp³-hybridized carbons (Fsp3) is 0.619. The number of carboxylic acids is 2. The van der Waals surface area contributed by atoms with Crippen molar-refractivity contribution >= 4 is 11.9 Å². The average Bonchev–Trinajstić information content (AvgIpc) is 2.53. The first-order valence-corrected chi connectivity index (χ1v) is 9.49. The van der Waals surface area contributed by atoms with Gasteiger partial charge >= 0.3 is 11.9 Å². The molecule has 4 heteroatoms. The highest BCUT2D eigenvalue weighted by atomic mass is 16.4. The topological polar surface area (TPSA) is 74.6 Å². The number of carboxylic acid groups (broad SMARTS) is 2. The lowest BCUT2D eigenvalue weighted by atomic mass is 9.88. The Morgan fingerprint density at radius 1 is 0.920 bits per heavy atom. The molecular formula is C21H32O4. The van der Waals surface area contributed by atoms with Crippen LogP contribution in [0.2, 0.25) is 0 Å². The van der Waals surface area contributed by atoms with Crippen LogP contribution in [0.4, 0.5) is 0 Å². The number of aromatic carboxylic acids is 2. The van der Waals surface area contributed by atoms with Gasteiger partial charge in [-0.2, -0.15) is 0 Å². The Balaban J connectivity index is 2.93. The van der Waals surface area contributed by atoms with Crippen molar-refractivity contribution in [2.24, 2.45) is 5.92 Å². The van der Waals surface area contributed by atoms with Crippen LogP contribution in [0.25, 0.3) is 0 Å². The number of carbonyl (C=O) groups is 2. The summed E-state index contributed by atoms with van der Waals surface area (Å²) < 4.78 is 0. The molecule has 0 saturated heterocycles. The van der Waals surface area contributed by atoms with E-state index in [1.54, 1.807) is 6.07 Å². The molecule has 0 radical (unpaired) electrons. The highest BCUT2D eigenvalue weighted by molar-refractivity contribution is 6.03. The van der Waals surface area contributed by atoms with E-state index in [2.05, 4.69) is 20.8 Å². The van der Waals surface area contributed by atoms with Crippen molar-refractivity contribution < 1.29 is 19.8 Å². The lowest BCUT2D eigenvalue weighted by Crippen LogP contribution is -2.14. The molecule has 1 aromatic rings. The third-order valence-electron chi connectivity index (χ3n) is 4.51. The van der Waals surface area contributed by atoms with Crippen LogP contribution >= 0.6 is 0 Å². The Morgan fingerprint density at radius 2 is 1.52 bits per heavy atom. The van der Waals surface area contributed by atoms with Gasteiger partial charge in [-0.1, -0.05) is 65.4 Å². The molecule has 0 unspecified atom stereocenters. The zero-order chi connectivity index (χ0) is 18.8. The first-order valence-electron chi connectivity index (χ1n) is 9.49. The van der Waals surface area contributed by atoms with E-state index >= 15 is 0 Å². The standard InChI is InChI=1S/C21H32O4/c1-4-5-6-7-8-9-10-11-17-16(14-15(2)3)12-13-18(20(22)23)19(17)21(24)25/h12-13,15H,4-11,14H2,1-3H3,(H,22,23)(H,24,25). The molecule has 140 valence electrons. The Labute approximate surface area is 151 Å². The number of unbranched alkanes of at least 4 members (excludes halogenated alkanes) is 6. The van der Waals surface area contributed by atoms with Crippen LogP contribution in [-0.2, 0) is 12.8 Å². The van der Waals surface area contributed by atoms with E-state index < -0.39 is 11.9 Å². The molecule has 1 aromatic carbocycles. The van der Waals surface area contributed by atoms with Gasteiger partial charge in [-0.05, 0) is 42.4 Å². The molecule has 0 aromatic heterocycles. The third kappa shape index (κ3) is 6.89. The van der Waals surface area contributed by atoms with Crippen molar-refractivity contribution in [1.29, 1.82) is 0 Å². The lowest BCUT2D eigenvalue weighted by Gasteiger charge is -2.16. The molecule has 0 bridgehead atoms. The van der Waals surface area contributed by atoms with Gasteiger partial charge < -0.3 is 10.2 Å². The summed E-state index contributed by atoms with van der Waals surface area (Å²) in [6.45, 7) is 6.37. The Bertz CT molecular complexity index is 576. The Hall–Kier alpha value is -1.84. The van der Waals surface area contributed by atoms with E-state index in [1.165, 1.54) is 31.7 Å². The summed E-state index contributed by atoms with van der Waals surface area (Å²) in [5.74, 6) is -1.92. The Kier molecular flexibility index (Phi) is 9.25. The number of benzene rings is 1. The van der Waals surface area contributed by atoms with E-state index in [0.29, 0.717) is 12.3 Å². The van der Waals surface area contributed by atoms with Crippen LogP contribution in [0.3, 0.4) is 0 Å². The molecule has 0 atom stereocenters. The highest BCUT2D eigenvalue weighted by Gasteiger charge is 2.22. The van der Waals surface area contributed by atoms with E-state index in [-0.39, 0.29) is 11.1 Å². The normalized spacial score (nSPS) is 11.0. The second kappa shape index (κ2) is 10.9. The SMILES string of the molecule is CCCCCCCCCc1c(CC(C)C)ccc(C(=O)O)c1C(=O)O. The van der Waals surface area contributed by atoms with E-state index in [0.717, 1.165) is 36.8 Å².